The molecule has 0 bridgehead atoms. The Kier molecular flexibility index (Phi) is 5.04. The van der Waals surface area contributed by atoms with Crippen molar-refractivity contribution in [2.45, 2.75) is 12.8 Å². The third kappa shape index (κ3) is 3.59. The Morgan fingerprint density at radius 1 is 1.18 bits per heavy atom. The summed E-state index contributed by atoms with van der Waals surface area (Å²) >= 11 is 5.82. The second-order valence-corrected chi connectivity index (χ2v) is 6.88. The van der Waals surface area contributed by atoms with Crippen molar-refractivity contribution in [2.24, 2.45) is 0 Å². The average molecular weight is 392 g/mol. The number of likely N-dealkylation sites (tertiary alicyclic amines) is 1. The maximum absolute atomic E-state index is 13.3. The molecule has 28 heavy (non-hydrogen) atoms. The molecule has 1 amide bonds. The van der Waals surface area contributed by atoms with Crippen molar-refractivity contribution in [3.63, 3.8) is 0 Å². The van der Waals surface area contributed by atoms with Crippen molar-refractivity contribution in [1.29, 1.82) is 0 Å². The Hall–Kier alpha value is -3.25. The number of piperidine rings is 1. The minimum Gasteiger partial charge on any atom is -0.329 e. The molecule has 3 aromatic rings. The van der Waals surface area contributed by atoms with Crippen LogP contribution in [0.1, 0.15) is 23.3 Å². The second kappa shape index (κ2) is 7.78. The summed E-state index contributed by atoms with van der Waals surface area (Å²) in [6, 6.07) is 9.64. The lowest BCUT2D eigenvalue weighted by molar-refractivity contribution is 0.0793. The van der Waals surface area contributed by atoms with Crippen LogP contribution in [-0.2, 0) is 0 Å². The summed E-state index contributed by atoms with van der Waals surface area (Å²) in [4.78, 5) is 27.6. The van der Waals surface area contributed by atoms with E-state index in [9.17, 15) is 4.79 Å². The van der Waals surface area contributed by atoms with Gasteiger partial charge in [-0.3, -0.25) is 9.78 Å². The molecular formula is C21H18ClN5O. The van der Waals surface area contributed by atoms with Gasteiger partial charge in [0.25, 0.3) is 5.91 Å². The van der Waals surface area contributed by atoms with E-state index in [-0.39, 0.29) is 5.91 Å². The highest BCUT2D eigenvalue weighted by Crippen LogP contribution is 2.28. The van der Waals surface area contributed by atoms with Gasteiger partial charge in [0.2, 0.25) is 5.95 Å². The number of carbonyl (C=O) groups excluding carboxylic acids is 1. The Balaban J connectivity index is 1.67. The number of hydrogen-bond donors (Lipinski definition) is 1. The summed E-state index contributed by atoms with van der Waals surface area (Å²) < 4.78 is 0. The minimum absolute atomic E-state index is 0.150. The number of aromatic nitrogens is 3. The molecule has 1 aliphatic heterocycles. The predicted molar refractivity (Wildman–Crippen MR) is 110 cm³/mol. The molecule has 0 unspecified atom stereocenters. The number of benzene rings is 1. The Morgan fingerprint density at radius 3 is 2.79 bits per heavy atom. The van der Waals surface area contributed by atoms with E-state index in [1.165, 1.54) is 12.4 Å². The van der Waals surface area contributed by atoms with Crippen molar-refractivity contribution >= 4 is 34.2 Å². The third-order valence-corrected chi connectivity index (χ3v) is 4.79. The molecule has 4 rings (SSSR count). The van der Waals surface area contributed by atoms with Gasteiger partial charge < -0.3 is 10.2 Å². The molecule has 1 aromatic carbocycles. The van der Waals surface area contributed by atoms with E-state index in [4.69, 9.17) is 11.6 Å². The highest BCUT2D eigenvalue weighted by Gasteiger charge is 2.27. The van der Waals surface area contributed by atoms with E-state index < -0.39 is 0 Å². The number of hydrogen-bond acceptors (Lipinski definition) is 5. The molecule has 0 saturated carbocycles. The van der Waals surface area contributed by atoms with Gasteiger partial charge in [0.05, 0.1) is 23.1 Å². The Labute approximate surface area is 167 Å². The number of rotatable bonds is 3. The van der Waals surface area contributed by atoms with Gasteiger partial charge in [-0.15, -0.1) is 0 Å². The van der Waals surface area contributed by atoms with Crippen molar-refractivity contribution in [3.8, 4) is 0 Å². The van der Waals surface area contributed by atoms with Crippen LogP contribution in [0.2, 0.25) is 5.02 Å². The zero-order valence-corrected chi connectivity index (χ0v) is 15.9. The second-order valence-electron chi connectivity index (χ2n) is 6.44. The van der Waals surface area contributed by atoms with E-state index in [2.05, 4.69) is 26.8 Å². The van der Waals surface area contributed by atoms with E-state index in [0.29, 0.717) is 28.9 Å². The van der Waals surface area contributed by atoms with Crippen LogP contribution in [0.15, 0.2) is 73.0 Å². The van der Waals surface area contributed by atoms with Gasteiger partial charge in [-0.2, -0.15) is 0 Å². The first-order valence-corrected chi connectivity index (χ1v) is 9.29. The fourth-order valence-corrected chi connectivity index (χ4v) is 3.32. The van der Waals surface area contributed by atoms with E-state index in [0.717, 1.165) is 29.2 Å². The van der Waals surface area contributed by atoms with Crippen molar-refractivity contribution in [3.05, 3.63) is 83.7 Å². The Morgan fingerprint density at radius 2 is 1.96 bits per heavy atom. The predicted octanol–water partition coefficient (Wildman–Crippen LogP) is 4.42. The summed E-state index contributed by atoms with van der Waals surface area (Å²) in [5.41, 5.74) is 2.02. The summed E-state index contributed by atoms with van der Waals surface area (Å²) in [6.45, 7) is 4.72. The molecule has 140 valence electrons. The van der Waals surface area contributed by atoms with Crippen molar-refractivity contribution in [2.75, 3.05) is 11.9 Å². The van der Waals surface area contributed by atoms with Crippen LogP contribution in [-0.4, -0.2) is 32.3 Å². The number of pyridine rings is 1. The molecule has 0 radical (unpaired) electrons. The standard InChI is InChI=1S/C21H18ClN5O/c1-14-5-4-10-27(18(14)13-26-21-24-11-16(22)12-25-21)20(28)19-17-7-3-2-6-15(17)8-9-23-19/h2-3,6-9,11-13H,1,4-5,10H2,(H,24,25,26)/b18-13+. The molecule has 0 atom stereocenters. The molecule has 7 heteroatoms. The summed E-state index contributed by atoms with van der Waals surface area (Å²) in [5, 5.41) is 5.30. The summed E-state index contributed by atoms with van der Waals surface area (Å²) in [7, 11) is 0. The molecule has 1 fully saturated rings. The van der Waals surface area contributed by atoms with Crippen LogP contribution in [0.3, 0.4) is 0 Å². The smallest absolute Gasteiger partial charge is 0.277 e. The van der Waals surface area contributed by atoms with Gasteiger partial charge in [0.1, 0.15) is 5.69 Å². The van der Waals surface area contributed by atoms with Gasteiger partial charge in [0, 0.05) is 24.3 Å². The SMILES string of the molecule is C=C1CCCN(C(=O)c2nccc3ccccc23)/C1=C/Nc1ncc(Cl)cn1. The number of nitrogens with zero attached hydrogens (tertiary/aromatic N) is 4. The van der Waals surface area contributed by atoms with Gasteiger partial charge in [-0.1, -0.05) is 42.4 Å². The number of amides is 1. The number of allylic oxidation sites excluding steroid dienone is 1. The van der Waals surface area contributed by atoms with E-state index in [1.807, 2.05) is 30.3 Å². The minimum atomic E-state index is -0.150. The number of halogens is 1. The molecule has 6 nitrogen and oxygen atoms in total. The zero-order valence-electron chi connectivity index (χ0n) is 15.1. The van der Waals surface area contributed by atoms with Gasteiger partial charge in [-0.25, -0.2) is 9.97 Å². The topological polar surface area (TPSA) is 71.0 Å². The van der Waals surface area contributed by atoms with E-state index >= 15 is 0 Å². The van der Waals surface area contributed by atoms with E-state index in [1.54, 1.807) is 17.3 Å². The number of nitrogens with one attached hydrogen (secondary N) is 1. The monoisotopic (exact) mass is 391 g/mol. The first kappa shape index (κ1) is 18.1. The summed E-state index contributed by atoms with van der Waals surface area (Å²) in [5.74, 6) is 0.244. The van der Waals surface area contributed by atoms with Gasteiger partial charge in [-0.05, 0) is 29.9 Å². The van der Waals surface area contributed by atoms with Crippen LogP contribution in [0.5, 0.6) is 0 Å². The lowest BCUT2D eigenvalue weighted by Gasteiger charge is -2.31. The van der Waals surface area contributed by atoms with Crippen LogP contribution in [0.4, 0.5) is 5.95 Å². The molecule has 2 aromatic heterocycles. The van der Waals surface area contributed by atoms with Crippen LogP contribution in [0.25, 0.3) is 10.8 Å². The first-order valence-electron chi connectivity index (χ1n) is 8.91. The Bertz CT molecular complexity index is 1070. The fourth-order valence-electron chi connectivity index (χ4n) is 3.22. The van der Waals surface area contributed by atoms with Gasteiger partial charge >= 0.3 is 0 Å². The maximum Gasteiger partial charge on any atom is 0.277 e. The lowest BCUT2D eigenvalue weighted by Crippen LogP contribution is -2.36. The number of fused-ring (bicyclic) bond motifs is 1. The molecule has 1 saturated heterocycles. The molecule has 0 aliphatic carbocycles. The number of anilines is 1. The highest BCUT2D eigenvalue weighted by molar-refractivity contribution is 6.30. The average Bonchev–Trinajstić information content (AvgIpc) is 2.73. The molecule has 0 spiro atoms. The summed E-state index contributed by atoms with van der Waals surface area (Å²) in [6.07, 6.45) is 8.07. The largest absolute Gasteiger partial charge is 0.329 e. The third-order valence-electron chi connectivity index (χ3n) is 4.59. The molecule has 1 N–H and O–H groups in total. The quantitative estimate of drug-likeness (QED) is 0.715. The highest BCUT2D eigenvalue weighted by atomic mass is 35.5. The molecule has 1 aliphatic rings. The van der Waals surface area contributed by atoms with Crippen LogP contribution >= 0.6 is 11.6 Å². The normalized spacial score (nSPS) is 15.8. The first-order chi connectivity index (χ1) is 13.6. The van der Waals surface area contributed by atoms with Gasteiger partial charge in [0.15, 0.2) is 0 Å². The van der Waals surface area contributed by atoms with Crippen LogP contribution in [0, 0.1) is 0 Å². The molecular weight excluding hydrogens is 374 g/mol. The van der Waals surface area contributed by atoms with Crippen molar-refractivity contribution < 1.29 is 4.79 Å². The van der Waals surface area contributed by atoms with Crippen molar-refractivity contribution in [1.82, 2.24) is 19.9 Å². The maximum atomic E-state index is 13.3. The molecule has 3 heterocycles. The number of carbonyl (C=O) groups is 1. The zero-order chi connectivity index (χ0) is 19.5. The fraction of sp³-hybridized carbons (Fsp3) is 0.143. The lowest BCUT2D eigenvalue weighted by atomic mass is 10.0. The van der Waals surface area contributed by atoms with Crippen LogP contribution < -0.4 is 5.32 Å².